The van der Waals surface area contributed by atoms with E-state index in [4.69, 9.17) is 11.6 Å². The van der Waals surface area contributed by atoms with Gasteiger partial charge in [0.2, 0.25) is 0 Å². The lowest BCUT2D eigenvalue weighted by Gasteiger charge is -2.17. The van der Waals surface area contributed by atoms with Crippen molar-refractivity contribution < 1.29 is 13.2 Å². The van der Waals surface area contributed by atoms with Crippen LogP contribution in [0.2, 0.25) is 5.02 Å². The molecule has 2 amide bonds. The molecule has 1 aliphatic carbocycles. The Morgan fingerprint density at radius 1 is 1.24 bits per heavy atom. The number of carbonyl (C=O) groups is 1. The van der Waals surface area contributed by atoms with Gasteiger partial charge in [0.15, 0.2) is 9.84 Å². The summed E-state index contributed by atoms with van der Waals surface area (Å²) in [6.45, 7) is 0. The quantitative estimate of drug-likeness (QED) is 0.869. The third-order valence-corrected chi connectivity index (χ3v) is 6.21. The normalized spacial score (nSPS) is 26.3. The third-order valence-electron chi connectivity index (χ3n) is 4.09. The van der Waals surface area contributed by atoms with Crippen LogP contribution < -0.4 is 10.6 Å². The van der Waals surface area contributed by atoms with Crippen LogP contribution in [0.25, 0.3) is 0 Å². The lowest BCUT2D eigenvalue weighted by atomic mass is 10.1. The zero-order valence-corrected chi connectivity index (χ0v) is 13.0. The summed E-state index contributed by atoms with van der Waals surface area (Å²) >= 11 is 6.15. The molecule has 0 spiro atoms. The van der Waals surface area contributed by atoms with Crippen molar-refractivity contribution in [2.75, 3.05) is 11.5 Å². The standard InChI is InChI=1S/C14H17ClN2O3S/c15-12-3-1-2-11-10(12)4-5-13(11)17-14(18)16-9-6-7-21(19,20)8-9/h1-3,9,13H,4-8H2,(H2,16,17,18)/t9-,13-/m0/s1. The van der Waals surface area contributed by atoms with Crippen LogP contribution in [0.15, 0.2) is 18.2 Å². The van der Waals surface area contributed by atoms with E-state index in [9.17, 15) is 13.2 Å². The number of nitrogens with one attached hydrogen (secondary N) is 2. The van der Waals surface area contributed by atoms with E-state index in [1.54, 1.807) is 0 Å². The van der Waals surface area contributed by atoms with Gasteiger partial charge in [0.25, 0.3) is 0 Å². The smallest absolute Gasteiger partial charge is 0.315 e. The molecular formula is C14H17ClN2O3S. The minimum absolute atomic E-state index is 0.0352. The highest BCUT2D eigenvalue weighted by Gasteiger charge is 2.30. The Labute approximate surface area is 129 Å². The lowest BCUT2D eigenvalue weighted by molar-refractivity contribution is 0.234. The molecule has 1 aromatic rings. The van der Waals surface area contributed by atoms with Gasteiger partial charge in [0.1, 0.15) is 0 Å². The maximum Gasteiger partial charge on any atom is 0.315 e. The van der Waals surface area contributed by atoms with Gasteiger partial charge in [0, 0.05) is 11.1 Å². The number of hydrogen-bond acceptors (Lipinski definition) is 3. The fraction of sp³-hybridized carbons (Fsp3) is 0.500. The molecule has 0 unspecified atom stereocenters. The van der Waals surface area contributed by atoms with Crippen molar-refractivity contribution >= 4 is 27.5 Å². The summed E-state index contributed by atoms with van der Waals surface area (Å²) in [6.07, 6.45) is 2.15. The molecule has 1 heterocycles. The van der Waals surface area contributed by atoms with Crippen molar-refractivity contribution in [3.63, 3.8) is 0 Å². The highest BCUT2D eigenvalue weighted by Crippen LogP contribution is 2.35. The summed E-state index contributed by atoms with van der Waals surface area (Å²) in [5.41, 5.74) is 2.14. The molecule has 2 N–H and O–H groups in total. The van der Waals surface area contributed by atoms with E-state index in [0.717, 1.165) is 29.0 Å². The summed E-state index contributed by atoms with van der Waals surface area (Å²) in [7, 11) is -2.98. The Hall–Kier alpha value is -1.27. The number of amides is 2. The van der Waals surface area contributed by atoms with Crippen LogP contribution >= 0.6 is 11.6 Å². The highest BCUT2D eigenvalue weighted by atomic mass is 35.5. The second kappa shape index (κ2) is 5.50. The Bertz CT molecular complexity index is 675. The van der Waals surface area contributed by atoms with Crippen LogP contribution in [-0.2, 0) is 16.3 Å². The second-order valence-corrected chi connectivity index (χ2v) is 8.25. The van der Waals surface area contributed by atoms with Crippen molar-refractivity contribution in [3.8, 4) is 0 Å². The van der Waals surface area contributed by atoms with Gasteiger partial charge in [-0.1, -0.05) is 23.7 Å². The first-order chi connectivity index (χ1) is 9.94. The van der Waals surface area contributed by atoms with Gasteiger partial charge < -0.3 is 10.6 Å². The minimum Gasteiger partial charge on any atom is -0.334 e. The molecule has 114 valence electrons. The van der Waals surface area contributed by atoms with Crippen LogP contribution in [-0.4, -0.2) is 32.0 Å². The maximum atomic E-state index is 12.0. The predicted molar refractivity (Wildman–Crippen MR) is 81.2 cm³/mol. The first-order valence-corrected chi connectivity index (χ1v) is 9.19. The lowest BCUT2D eigenvalue weighted by Crippen LogP contribution is -2.43. The van der Waals surface area contributed by atoms with Crippen LogP contribution in [0.4, 0.5) is 4.79 Å². The van der Waals surface area contributed by atoms with Gasteiger partial charge >= 0.3 is 6.03 Å². The number of halogens is 1. The molecular weight excluding hydrogens is 312 g/mol. The molecule has 2 atom stereocenters. The molecule has 0 radical (unpaired) electrons. The van der Waals surface area contributed by atoms with Crippen molar-refractivity contribution in [1.29, 1.82) is 0 Å². The van der Waals surface area contributed by atoms with E-state index in [0.29, 0.717) is 6.42 Å². The number of carbonyl (C=O) groups excluding carboxylic acids is 1. The Kier molecular flexibility index (Phi) is 3.84. The first kappa shape index (κ1) is 14.7. The van der Waals surface area contributed by atoms with Crippen molar-refractivity contribution in [3.05, 3.63) is 34.3 Å². The highest BCUT2D eigenvalue weighted by molar-refractivity contribution is 7.91. The molecule has 0 aromatic heterocycles. The number of sulfone groups is 1. The molecule has 5 nitrogen and oxygen atoms in total. The van der Waals surface area contributed by atoms with Gasteiger partial charge in [-0.3, -0.25) is 0 Å². The fourth-order valence-corrected chi connectivity index (χ4v) is 5.00. The van der Waals surface area contributed by atoms with Gasteiger partial charge in [-0.15, -0.1) is 0 Å². The molecule has 7 heteroatoms. The van der Waals surface area contributed by atoms with E-state index in [2.05, 4.69) is 10.6 Å². The Morgan fingerprint density at radius 2 is 2.05 bits per heavy atom. The topological polar surface area (TPSA) is 75.3 Å². The van der Waals surface area contributed by atoms with Crippen molar-refractivity contribution in [2.45, 2.75) is 31.3 Å². The molecule has 1 aromatic carbocycles. The molecule has 0 saturated carbocycles. The van der Waals surface area contributed by atoms with E-state index in [1.165, 1.54) is 0 Å². The molecule has 1 fully saturated rings. The average molecular weight is 329 g/mol. The monoisotopic (exact) mass is 328 g/mol. The van der Waals surface area contributed by atoms with Crippen molar-refractivity contribution in [1.82, 2.24) is 10.6 Å². The summed E-state index contributed by atoms with van der Waals surface area (Å²) in [5, 5.41) is 6.39. The summed E-state index contributed by atoms with van der Waals surface area (Å²) in [5.74, 6) is 0.188. The van der Waals surface area contributed by atoms with E-state index in [1.807, 2.05) is 18.2 Å². The van der Waals surface area contributed by atoms with Crippen LogP contribution in [0.5, 0.6) is 0 Å². The summed E-state index contributed by atoms with van der Waals surface area (Å²) in [6, 6.07) is 5.05. The number of rotatable bonds is 2. The van der Waals surface area contributed by atoms with Crippen LogP contribution in [0, 0.1) is 0 Å². The van der Waals surface area contributed by atoms with Gasteiger partial charge in [-0.05, 0) is 36.5 Å². The van der Waals surface area contributed by atoms with Crippen LogP contribution in [0.3, 0.4) is 0 Å². The number of urea groups is 1. The number of hydrogen-bond donors (Lipinski definition) is 2. The van der Waals surface area contributed by atoms with Gasteiger partial charge in [-0.25, -0.2) is 13.2 Å². The fourth-order valence-electron chi connectivity index (χ4n) is 3.05. The molecule has 2 aliphatic rings. The first-order valence-electron chi connectivity index (χ1n) is 6.99. The Morgan fingerprint density at radius 3 is 2.76 bits per heavy atom. The Balaban J connectivity index is 1.61. The maximum absolute atomic E-state index is 12.0. The van der Waals surface area contributed by atoms with Crippen molar-refractivity contribution in [2.24, 2.45) is 0 Å². The predicted octanol–water partition coefficient (Wildman–Crippen LogP) is 1.81. The molecule has 21 heavy (non-hydrogen) atoms. The number of fused-ring (bicyclic) bond motifs is 1. The molecule has 3 rings (SSSR count). The molecule has 0 bridgehead atoms. The van der Waals surface area contributed by atoms with E-state index >= 15 is 0 Å². The summed E-state index contributed by atoms with van der Waals surface area (Å²) < 4.78 is 22.8. The second-order valence-electron chi connectivity index (χ2n) is 5.62. The summed E-state index contributed by atoms with van der Waals surface area (Å²) in [4.78, 5) is 12.0. The van der Waals surface area contributed by atoms with Gasteiger partial charge in [-0.2, -0.15) is 0 Å². The molecule has 1 saturated heterocycles. The minimum atomic E-state index is -2.98. The average Bonchev–Trinajstić information content (AvgIpc) is 2.95. The SMILES string of the molecule is O=C(N[C@H]1CCS(=O)(=O)C1)N[C@H]1CCc2c(Cl)cccc21. The van der Waals surface area contributed by atoms with Crippen LogP contribution in [0.1, 0.15) is 30.0 Å². The van der Waals surface area contributed by atoms with E-state index < -0.39 is 9.84 Å². The zero-order chi connectivity index (χ0) is 15.0. The zero-order valence-electron chi connectivity index (χ0n) is 11.4. The largest absolute Gasteiger partial charge is 0.334 e. The van der Waals surface area contributed by atoms with E-state index in [-0.39, 0.29) is 29.6 Å². The molecule has 1 aliphatic heterocycles. The third kappa shape index (κ3) is 3.16. The van der Waals surface area contributed by atoms with Gasteiger partial charge in [0.05, 0.1) is 17.5 Å². The number of benzene rings is 1.